The zero-order valence-corrected chi connectivity index (χ0v) is 15.4. The average Bonchev–Trinajstić information content (AvgIpc) is 2.88. The van der Waals surface area contributed by atoms with Gasteiger partial charge in [0.25, 0.3) is 0 Å². The molecule has 1 amide bonds. The van der Waals surface area contributed by atoms with Crippen LogP contribution in [-0.2, 0) is 9.59 Å². The molecule has 1 saturated carbocycles. The molecule has 0 radical (unpaired) electrons. The molecule has 0 spiro atoms. The summed E-state index contributed by atoms with van der Waals surface area (Å²) in [4.78, 5) is 34.9. The van der Waals surface area contributed by atoms with E-state index in [-0.39, 0.29) is 23.2 Å². The third-order valence-corrected chi connectivity index (χ3v) is 5.70. The van der Waals surface area contributed by atoms with Gasteiger partial charge in [-0.1, -0.05) is 34.6 Å². The van der Waals surface area contributed by atoms with Gasteiger partial charge in [0, 0.05) is 24.9 Å². The molecule has 25 heavy (non-hydrogen) atoms. The van der Waals surface area contributed by atoms with Crippen molar-refractivity contribution in [2.75, 3.05) is 11.9 Å². The molecule has 2 N–H and O–H groups in total. The van der Waals surface area contributed by atoms with Gasteiger partial charge in [-0.15, -0.1) is 0 Å². The van der Waals surface area contributed by atoms with E-state index in [1.165, 1.54) is 4.90 Å². The molecule has 0 aromatic carbocycles. The Morgan fingerprint density at radius 3 is 2.44 bits per heavy atom. The molecule has 1 aliphatic heterocycles. The molecular weight excluding hydrogens is 320 g/mol. The maximum atomic E-state index is 13.2. The van der Waals surface area contributed by atoms with Gasteiger partial charge in [-0.05, 0) is 22.8 Å². The maximum absolute atomic E-state index is 13.2. The number of carbonyl (C=O) groups is 2. The number of carbonyl (C=O) groups excluding carboxylic acids is 1. The van der Waals surface area contributed by atoms with E-state index < -0.39 is 23.5 Å². The lowest BCUT2D eigenvalue weighted by Crippen LogP contribution is -2.54. The van der Waals surface area contributed by atoms with Gasteiger partial charge < -0.3 is 15.3 Å². The molecule has 1 aromatic rings. The Balaban J connectivity index is 1.84. The van der Waals surface area contributed by atoms with Gasteiger partial charge in [0.05, 0.1) is 0 Å². The van der Waals surface area contributed by atoms with Crippen molar-refractivity contribution in [3.05, 3.63) is 18.5 Å². The van der Waals surface area contributed by atoms with Crippen molar-refractivity contribution in [1.29, 1.82) is 0 Å². The standard InChI is InChI=1S/C18H26N4O3/c1-17(2,3)13(21-16-19-7-6-8-20-16)14(23)22-9-10-11(18(10,4)5)12(22)15(24)25/h6-8,10-13H,9H2,1-5H3,(H,24,25)(H,19,20,21)/t10-,11-,12-,13+/m0/s1. The van der Waals surface area contributed by atoms with Crippen LogP contribution in [0.15, 0.2) is 18.5 Å². The SMILES string of the molecule is CC(C)(C)[C@H](Nc1ncccn1)C(=O)N1C[C@H]2[C@@H]([C@H]1C(=O)O)C2(C)C. The summed E-state index contributed by atoms with van der Waals surface area (Å²) in [6, 6.07) is 0.350. The molecule has 1 aliphatic carbocycles. The average molecular weight is 346 g/mol. The van der Waals surface area contributed by atoms with Crippen molar-refractivity contribution in [2.24, 2.45) is 22.7 Å². The Labute approximate surface area is 147 Å². The summed E-state index contributed by atoms with van der Waals surface area (Å²) in [6.45, 7) is 10.5. The van der Waals surface area contributed by atoms with Crippen LogP contribution < -0.4 is 5.32 Å². The van der Waals surface area contributed by atoms with E-state index in [0.29, 0.717) is 12.5 Å². The topological polar surface area (TPSA) is 95.4 Å². The molecule has 0 unspecified atom stereocenters. The van der Waals surface area contributed by atoms with Crippen LogP contribution in [0.1, 0.15) is 34.6 Å². The molecule has 2 fully saturated rings. The molecule has 1 saturated heterocycles. The second-order valence-corrected chi connectivity index (χ2v) is 8.74. The van der Waals surface area contributed by atoms with Crippen LogP contribution in [0.2, 0.25) is 0 Å². The number of carboxylic acid groups (broad SMARTS) is 1. The first-order chi connectivity index (χ1) is 11.5. The van der Waals surface area contributed by atoms with Gasteiger partial charge in [0.15, 0.2) is 0 Å². The van der Waals surface area contributed by atoms with Crippen molar-refractivity contribution in [1.82, 2.24) is 14.9 Å². The number of fused-ring (bicyclic) bond motifs is 1. The number of hydrogen-bond acceptors (Lipinski definition) is 5. The van der Waals surface area contributed by atoms with Crippen molar-refractivity contribution in [3.8, 4) is 0 Å². The van der Waals surface area contributed by atoms with Crippen molar-refractivity contribution >= 4 is 17.8 Å². The van der Waals surface area contributed by atoms with Crippen LogP contribution in [0.5, 0.6) is 0 Å². The largest absolute Gasteiger partial charge is 0.480 e. The predicted octanol–water partition coefficient (Wildman–Crippen LogP) is 1.87. The Bertz CT molecular complexity index is 683. The minimum Gasteiger partial charge on any atom is -0.480 e. The summed E-state index contributed by atoms with van der Waals surface area (Å²) in [5, 5.41) is 12.8. The van der Waals surface area contributed by atoms with Crippen molar-refractivity contribution in [2.45, 2.75) is 46.7 Å². The Morgan fingerprint density at radius 1 is 1.32 bits per heavy atom. The number of nitrogens with zero attached hydrogens (tertiary/aromatic N) is 3. The number of piperidine rings is 1. The highest BCUT2D eigenvalue weighted by molar-refractivity contribution is 5.90. The van der Waals surface area contributed by atoms with Crippen LogP contribution in [0, 0.1) is 22.7 Å². The summed E-state index contributed by atoms with van der Waals surface area (Å²) in [7, 11) is 0. The van der Waals surface area contributed by atoms with E-state index in [0.717, 1.165) is 0 Å². The monoisotopic (exact) mass is 346 g/mol. The van der Waals surface area contributed by atoms with Crippen LogP contribution in [0.3, 0.4) is 0 Å². The zero-order valence-electron chi connectivity index (χ0n) is 15.4. The molecule has 136 valence electrons. The first-order valence-electron chi connectivity index (χ1n) is 8.62. The number of rotatable bonds is 4. The molecule has 4 atom stereocenters. The highest BCUT2D eigenvalue weighted by atomic mass is 16.4. The summed E-state index contributed by atoms with van der Waals surface area (Å²) < 4.78 is 0. The number of aromatic nitrogens is 2. The fourth-order valence-corrected chi connectivity index (χ4v) is 4.11. The molecular formula is C18H26N4O3. The van der Waals surface area contributed by atoms with Gasteiger partial charge in [0.1, 0.15) is 12.1 Å². The molecule has 1 aromatic heterocycles. The Kier molecular flexibility index (Phi) is 4.00. The third-order valence-electron chi connectivity index (χ3n) is 5.70. The van der Waals surface area contributed by atoms with E-state index in [1.807, 2.05) is 20.8 Å². The van der Waals surface area contributed by atoms with Gasteiger partial charge in [-0.25, -0.2) is 14.8 Å². The highest BCUT2D eigenvalue weighted by Crippen LogP contribution is 2.65. The minimum absolute atomic E-state index is 0.00691. The summed E-state index contributed by atoms with van der Waals surface area (Å²) in [6.07, 6.45) is 3.21. The van der Waals surface area contributed by atoms with Gasteiger partial charge in [-0.2, -0.15) is 0 Å². The number of carboxylic acids is 1. The predicted molar refractivity (Wildman–Crippen MR) is 92.8 cm³/mol. The van der Waals surface area contributed by atoms with Crippen molar-refractivity contribution < 1.29 is 14.7 Å². The Morgan fingerprint density at radius 2 is 1.92 bits per heavy atom. The number of anilines is 1. The number of aliphatic carboxylic acids is 1. The first-order valence-corrected chi connectivity index (χ1v) is 8.62. The number of nitrogens with one attached hydrogen (secondary N) is 1. The summed E-state index contributed by atoms with van der Waals surface area (Å²) >= 11 is 0. The molecule has 7 nitrogen and oxygen atoms in total. The maximum Gasteiger partial charge on any atom is 0.326 e. The second-order valence-electron chi connectivity index (χ2n) is 8.74. The lowest BCUT2D eigenvalue weighted by atomic mass is 9.85. The van der Waals surface area contributed by atoms with Gasteiger partial charge >= 0.3 is 5.97 Å². The number of amides is 1. The van der Waals surface area contributed by atoms with Crippen LogP contribution in [0.4, 0.5) is 5.95 Å². The Hall–Kier alpha value is -2.18. The normalized spacial score (nSPS) is 28.2. The van der Waals surface area contributed by atoms with E-state index in [9.17, 15) is 14.7 Å². The first kappa shape index (κ1) is 17.6. The third kappa shape index (κ3) is 2.96. The second kappa shape index (κ2) is 5.68. The molecule has 3 rings (SSSR count). The molecule has 2 heterocycles. The van der Waals surface area contributed by atoms with Crippen molar-refractivity contribution in [3.63, 3.8) is 0 Å². The van der Waals surface area contributed by atoms with E-state index >= 15 is 0 Å². The van der Waals surface area contributed by atoms with Gasteiger partial charge in [-0.3, -0.25) is 4.79 Å². The molecule has 7 heteroatoms. The van der Waals surface area contributed by atoms with E-state index in [2.05, 4.69) is 29.1 Å². The van der Waals surface area contributed by atoms with Crippen LogP contribution in [0.25, 0.3) is 0 Å². The fourth-order valence-electron chi connectivity index (χ4n) is 4.11. The molecule has 0 bridgehead atoms. The number of likely N-dealkylation sites (tertiary alicyclic amines) is 1. The zero-order chi connectivity index (χ0) is 18.6. The van der Waals surface area contributed by atoms with E-state index in [4.69, 9.17) is 0 Å². The quantitative estimate of drug-likeness (QED) is 0.864. The lowest BCUT2D eigenvalue weighted by molar-refractivity contribution is -0.151. The number of hydrogen-bond donors (Lipinski definition) is 2. The van der Waals surface area contributed by atoms with Crippen LogP contribution >= 0.6 is 0 Å². The molecule has 2 aliphatic rings. The lowest BCUT2D eigenvalue weighted by Gasteiger charge is -2.36. The summed E-state index contributed by atoms with van der Waals surface area (Å²) in [5.74, 6) is -0.466. The van der Waals surface area contributed by atoms with Crippen LogP contribution in [-0.4, -0.2) is 50.5 Å². The summed E-state index contributed by atoms with van der Waals surface area (Å²) in [5.41, 5.74) is -0.422. The fraction of sp³-hybridized carbons (Fsp3) is 0.667. The van der Waals surface area contributed by atoms with E-state index in [1.54, 1.807) is 18.5 Å². The smallest absolute Gasteiger partial charge is 0.326 e. The van der Waals surface area contributed by atoms with Gasteiger partial charge in [0.2, 0.25) is 11.9 Å². The minimum atomic E-state index is -0.921. The highest BCUT2D eigenvalue weighted by Gasteiger charge is 2.70.